The first-order chi connectivity index (χ1) is 18.5. The number of benzene rings is 2. The maximum absolute atomic E-state index is 5.56. The van der Waals surface area contributed by atoms with E-state index in [1.165, 1.54) is 33.9 Å². The SMILES string of the molecule is COc1cc2c(c(NCCN3CCN(CCNc4cc(OC)cc5c4NC(C)CC5)CC3)c1)NC(C)CC2. The van der Waals surface area contributed by atoms with Gasteiger partial charge in [-0.1, -0.05) is 0 Å². The van der Waals surface area contributed by atoms with Crippen LogP contribution in [0.2, 0.25) is 0 Å². The van der Waals surface area contributed by atoms with Crippen molar-refractivity contribution in [3.63, 3.8) is 0 Å². The smallest absolute Gasteiger partial charge is 0.121 e. The zero-order valence-corrected chi connectivity index (χ0v) is 23.7. The molecule has 4 N–H and O–H groups in total. The molecule has 1 saturated heterocycles. The molecular weight excluding hydrogens is 476 g/mol. The number of hydrogen-bond acceptors (Lipinski definition) is 8. The summed E-state index contributed by atoms with van der Waals surface area (Å²) in [5, 5.41) is 14.7. The minimum absolute atomic E-state index is 0.508. The molecule has 0 spiro atoms. The Morgan fingerprint density at radius 3 is 1.53 bits per heavy atom. The van der Waals surface area contributed by atoms with Crippen LogP contribution >= 0.6 is 0 Å². The van der Waals surface area contributed by atoms with Crippen molar-refractivity contribution in [1.82, 2.24) is 9.80 Å². The maximum Gasteiger partial charge on any atom is 0.121 e. The Bertz CT molecular complexity index is 999. The topological polar surface area (TPSA) is 73.1 Å². The normalized spacial score (nSPS) is 21.5. The van der Waals surface area contributed by atoms with E-state index in [0.717, 1.165) is 89.5 Å². The molecule has 3 aliphatic heterocycles. The summed E-state index contributed by atoms with van der Waals surface area (Å²) in [5.41, 5.74) is 7.55. The quantitative estimate of drug-likeness (QED) is 0.367. The van der Waals surface area contributed by atoms with Crippen molar-refractivity contribution in [2.45, 2.75) is 51.6 Å². The van der Waals surface area contributed by atoms with Gasteiger partial charge in [-0.2, -0.15) is 0 Å². The van der Waals surface area contributed by atoms with Crippen LogP contribution in [0.15, 0.2) is 24.3 Å². The Morgan fingerprint density at radius 2 is 1.13 bits per heavy atom. The second kappa shape index (κ2) is 12.3. The number of rotatable bonds is 10. The molecule has 2 aromatic rings. The fourth-order valence-electron chi connectivity index (χ4n) is 5.91. The number of hydrogen-bond donors (Lipinski definition) is 4. The molecule has 3 aliphatic rings. The summed E-state index contributed by atoms with van der Waals surface area (Å²) in [6, 6.07) is 9.62. The highest BCUT2D eigenvalue weighted by Gasteiger charge is 2.21. The lowest BCUT2D eigenvalue weighted by atomic mass is 9.97. The van der Waals surface area contributed by atoms with Crippen LogP contribution in [-0.4, -0.2) is 88.5 Å². The van der Waals surface area contributed by atoms with Crippen molar-refractivity contribution in [3.05, 3.63) is 35.4 Å². The highest BCUT2D eigenvalue weighted by atomic mass is 16.5. The number of piperazine rings is 1. The second-order valence-corrected chi connectivity index (χ2v) is 11.1. The van der Waals surface area contributed by atoms with Gasteiger partial charge < -0.3 is 30.7 Å². The van der Waals surface area contributed by atoms with Gasteiger partial charge in [0.05, 0.1) is 37.0 Å². The number of ether oxygens (including phenoxy) is 2. The summed E-state index contributed by atoms with van der Waals surface area (Å²) in [6.45, 7) is 12.9. The van der Waals surface area contributed by atoms with Gasteiger partial charge in [0.1, 0.15) is 11.5 Å². The first-order valence-corrected chi connectivity index (χ1v) is 14.4. The van der Waals surface area contributed by atoms with Gasteiger partial charge in [-0.05, 0) is 62.8 Å². The Kier molecular flexibility index (Phi) is 8.69. The summed E-state index contributed by atoms with van der Waals surface area (Å²) >= 11 is 0. The summed E-state index contributed by atoms with van der Waals surface area (Å²) < 4.78 is 11.1. The third kappa shape index (κ3) is 6.41. The van der Waals surface area contributed by atoms with E-state index in [1.807, 2.05) is 0 Å². The summed E-state index contributed by atoms with van der Waals surface area (Å²) in [5.74, 6) is 1.87. The average Bonchev–Trinajstić information content (AvgIpc) is 2.93. The number of anilines is 4. The summed E-state index contributed by atoms with van der Waals surface area (Å²) in [6.07, 6.45) is 4.53. The van der Waals surface area contributed by atoms with Crippen LogP contribution in [0, 0.1) is 0 Å². The lowest BCUT2D eigenvalue weighted by Crippen LogP contribution is -2.48. The molecule has 0 bridgehead atoms. The molecule has 0 amide bonds. The number of nitrogens with one attached hydrogen (secondary N) is 4. The van der Waals surface area contributed by atoms with Crippen molar-refractivity contribution >= 4 is 22.7 Å². The largest absolute Gasteiger partial charge is 0.497 e. The molecule has 1 fully saturated rings. The average molecular weight is 523 g/mol. The number of methoxy groups -OCH3 is 2. The monoisotopic (exact) mass is 522 g/mol. The Labute approximate surface area is 228 Å². The van der Waals surface area contributed by atoms with Crippen molar-refractivity contribution < 1.29 is 9.47 Å². The molecule has 208 valence electrons. The number of nitrogens with zero attached hydrogens (tertiary/aromatic N) is 2. The van der Waals surface area contributed by atoms with E-state index in [1.54, 1.807) is 14.2 Å². The van der Waals surface area contributed by atoms with E-state index >= 15 is 0 Å². The Morgan fingerprint density at radius 1 is 0.711 bits per heavy atom. The molecule has 38 heavy (non-hydrogen) atoms. The molecule has 8 nitrogen and oxygen atoms in total. The molecule has 0 saturated carbocycles. The lowest BCUT2D eigenvalue weighted by Gasteiger charge is -2.35. The summed E-state index contributed by atoms with van der Waals surface area (Å²) in [4.78, 5) is 5.15. The highest BCUT2D eigenvalue weighted by Crippen LogP contribution is 2.37. The standard InChI is InChI=1S/C30H46N6O2/c1-21-5-7-23-17-25(37-3)19-27(29(23)33-21)31-9-11-35-13-15-36(16-14-35)12-10-32-28-20-26(38-4)18-24-8-6-22(2)34-30(24)28/h17-22,31-34H,5-16H2,1-4H3. The first kappa shape index (κ1) is 26.8. The predicted molar refractivity (Wildman–Crippen MR) is 159 cm³/mol. The van der Waals surface area contributed by atoms with Gasteiger partial charge in [-0.15, -0.1) is 0 Å². The van der Waals surface area contributed by atoms with E-state index in [0.29, 0.717) is 12.1 Å². The van der Waals surface area contributed by atoms with Gasteiger partial charge in [-0.3, -0.25) is 9.80 Å². The molecule has 0 aromatic heterocycles. The van der Waals surface area contributed by atoms with Gasteiger partial charge in [0.2, 0.25) is 0 Å². The van der Waals surface area contributed by atoms with E-state index < -0.39 is 0 Å². The van der Waals surface area contributed by atoms with Crippen molar-refractivity contribution in [1.29, 1.82) is 0 Å². The van der Waals surface area contributed by atoms with Crippen molar-refractivity contribution in [3.8, 4) is 11.5 Å². The number of fused-ring (bicyclic) bond motifs is 2. The molecular formula is C30H46N6O2. The third-order valence-corrected chi connectivity index (χ3v) is 8.29. The number of aryl methyl sites for hydroxylation is 2. The van der Waals surface area contributed by atoms with E-state index in [-0.39, 0.29) is 0 Å². The third-order valence-electron chi connectivity index (χ3n) is 8.29. The molecule has 0 aliphatic carbocycles. The highest BCUT2D eigenvalue weighted by molar-refractivity contribution is 5.77. The Hall–Kier alpha value is -2.84. The molecule has 2 aromatic carbocycles. The zero-order valence-electron chi connectivity index (χ0n) is 23.7. The fourth-order valence-corrected chi connectivity index (χ4v) is 5.91. The lowest BCUT2D eigenvalue weighted by molar-refractivity contribution is 0.140. The van der Waals surface area contributed by atoms with Gasteiger partial charge in [-0.25, -0.2) is 0 Å². The maximum atomic E-state index is 5.56. The van der Waals surface area contributed by atoms with Crippen LogP contribution in [0.1, 0.15) is 37.8 Å². The first-order valence-electron chi connectivity index (χ1n) is 14.4. The van der Waals surface area contributed by atoms with E-state index in [9.17, 15) is 0 Å². The fraction of sp³-hybridized carbons (Fsp3) is 0.600. The van der Waals surface area contributed by atoms with Crippen molar-refractivity contribution in [2.24, 2.45) is 0 Å². The molecule has 5 rings (SSSR count). The van der Waals surface area contributed by atoms with Crippen LogP contribution in [0.4, 0.5) is 22.7 Å². The summed E-state index contributed by atoms with van der Waals surface area (Å²) in [7, 11) is 3.50. The van der Waals surface area contributed by atoms with Gasteiger partial charge in [0.15, 0.2) is 0 Å². The van der Waals surface area contributed by atoms with Crippen LogP contribution in [0.25, 0.3) is 0 Å². The van der Waals surface area contributed by atoms with E-state index in [4.69, 9.17) is 9.47 Å². The van der Waals surface area contributed by atoms with Crippen LogP contribution in [0.5, 0.6) is 11.5 Å². The molecule has 2 unspecified atom stereocenters. The van der Waals surface area contributed by atoms with E-state index in [2.05, 4.69) is 69.2 Å². The van der Waals surface area contributed by atoms with Crippen molar-refractivity contribution in [2.75, 3.05) is 87.8 Å². The van der Waals surface area contributed by atoms with Crippen LogP contribution in [0.3, 0.4) is 0 Å². The minimum Gasteiger partial charge on any atom is -0.497 e. The Balaban J connectivity index is 1.06. The molecule has 8 heteroatoms. The van der Waals surface area contributed by atoms with Gasteiger partial charge >= 0.3 is 0 Å². The van der Waals surface area contributed by atoms with Crippen LogP contribution in [-0.2, 0) is 12.8 Å². The predicted octanol–water partition coefficient (Wildman–Crippen LogP) is 4.34. The molecule has 2 atom stereocenters. The van der Waals surface area contributed by atoms with Gasteiger partial charge in [0, 0.05) is 76.6 Å². The molecule has 0 radical (unpaired) electrons. The molecule has 3 heterocycles. The minimum atomic E-state index is 0.508. The zero-order chi connectivity index (χ0) is 26.5. The van der Waals surface area contributed by atoms with Gasteiger partial charge in [0.25, 0.3) is 0 Å². The van der Waals surface area contributed by atoms with Crippen LogP contribution < -0.4 is 30.7 Å². The second-order valence-electron chi connectivity index (χ2n) is 11.1.